The smallest absolute Gasteiger partial charge is 0.255 e. The molecule has 0 radical (unpaired) electrons. The molecule has 1 aliphatic rings. The lowest BCUT2D eigenvalue weighted by Gasteiger charge is -2.26. The number of ether oxygens (including phenoxy) is 3. The van der Waals surface area contributed by atoms with Crippen molar-refractivity contribution in [3.8, 4) is 11.5 Å². The minimum Gasteiger partial charge on any atom is -0.497 e. The van der Waals surface area contributed by atoms with E-state index in [1.54, 1.807) is 7.11 Å². The summed E-state index contributed by atoms with van der Waals surface area (Å²) in [5.41, 5.74) is 1.05. The van der Waals surface area contributed by atoms with Crippen molar-refractivity contribution < 1.29 is 27.4 Å². The molecule has 2 aromatic rings. The highest BCUT2D eigenvalue weighted by molar-refractivity contribution is 7.89. The predicted octanol–water partition coefficient (Wildman–Crippen LogP) is 2.22. The van der Waals surface area contributed by atoms with Gasteiger partial charge in [-0.25, -0.2) is 8.42 Å². The lowest BCUT2D eigenvalue weighted by Crippen LogP contribution is -2.40. The van der Waals surface area contributed by atoms with Crippen molar-refractivity contribution in [1.29, 1.82) is 0 Å². The highest BCUT2D eigenvalue weighted by atomic mass is 32.2. The van der Waals surface area contributed by atoms with Gasteiger partial charge >= 0.3 is 0 Å². The molecule has 8 nitrogen and oxygen atoms in total. The minimum absolute atomic E-state index is 0.0486. The zero-order chi connectivity index (χ0) is 21.7. The number of amides is 1. The maximum absolute atomic E-state index is 13.0. The molecule has 1 N–H and O–H groups in total. The van der Waals surface area contributed by atoms with Crippen LogP contribution in [0.1, 0.15) is 28.9 Å². The lowest BCUT2D eigenvalue weighted by atomic mass is 10.1. The summed E-state index contributed by atoms with van der Waals surface area (Å²) in [5.74, 6) is 0.601. The standard InChI is InChI=1S/C21H26N2O6S/c1-15(16-4-6-17(27-2)7-5-16)22-21(24)19-14-18(8-9-20(19)28-3)30(25,26)23-10-12-29-13-11-23/h4-9,14-15H,10-13H2,1-3H3,(H,22,24)/t15-/m1/s1. The molecule has 0 aliphatic carbocycles. The van der Waals surface area contributed by atoms with Crippen LogP contribution in [0.4, 0.5) is 0 Å². The van der Waals surface area contributed by atoms with Gasteiger partial charge in [0.25, 0.3) is 5.91 Å². The van der Waals surface area contributed by atoms with E-state index in [2.05, 4.69) is 5.32 Å². The van der Waals surface area contributed by atoms with Crippen molar-refractivity contribution in [3.05, 3.63) is 53.6 Å². The van der Waals surface area contributed by atoms with Gasteiger partial charge in [0.05, 0.1) is 43.9 Å². The Morgan fingerprint density at radius 3 is 2.33 bits per heavy atom. The van der Waals surface area contributed by atoms with Crippen LogP contribution >= 0.6 is 0 Å². The van der Waals surface area contributed by atoms with Crippen LogP contribution in [0, 0.1) is 0 Å². The number of rotatable bonds is 7. The van der Waals surface area contributed by atoms with E-state index in [1.807, 2.05) is 31.2 Å². The van der Waals surface area contributed by atoms with Crippen LogP contribution < -0.4 is 14.8 Å². The molecule has 1 atom stereocenters. The molecular formula is C21H26N2O6S. The molecule has 0 spiro atoms. The molecule has 9 heteroatoms. The molecule has 0 bridgehead atoms. The normalized spacial score (nSPS) is 16.0. The van der Waals surface area contributed by atoms with Crippen LogP contribution in [-0.2, 0) is 14.8 Å². The number of carbonyl (C=O) groups is 1. The topological polar surface area (TPSA) is 94.2 Å². The first-order valence-electron chi connectivity index (χ1n) is 9.57. The van der Waals surface area contributed by atoms with Gasteiger partial charge in [-0.2, -0.15) is 4.31 Å². The lowest BCUT2D eigenvalue weighted by molar-refractivity contribution is 0.0730. The molecule has 0 saturated carbocycles. The van der Waals surface area contributed by atoms with Crippen molar-refractivity contribution in [3.63, 3.8) is 0 Å². The molecular weight excluding hydrogens is 408 g/mol. The van der Waals surface area contributed by atoms with Gasteiger partial charge in [-0.05, 0) is 42.8 Å². The zero-order valence-corrected chi connectivity index (χ0v) is 18.1. The molecule has 1 saturated heterocycles. The molecule has 1 heterocycles. The summed E-state index contributed by atoms with van der Waals surface area (Å²) < 4.78 is 42.9. The summed E-state index contributed by atoms with van der Waals surface area (Å²) in [6.07, 6.45) is 0. The Hall–Kier alpha value is -2.62. The predicted molar refractivity (Wildman–Crippen MR) is 111 cm³/mol. The molecule has 3 rings (SSSR count). The van der Waals surface area contributed by atoms with E-state index in [9.17, 15) is 13.2 Å². The Kier molecular flexibility index (Phi) is 6.96. The SMILES string of the molecule is COc1ccc([C@@H](C)NC(=O)c2cc(S(=O)(=O)N3CCOCC3)ccc2OC)cc1. The molecule has 2 aromatic carbocycles. The molecule has 0 unspecified atom stereocenters. The number of nitrogens with one attached hydrogen (secondary N) is 1. The highest BCUT2D eigenvalue weighted by Gasteiger charge is 2.28. The molecule has 30 heavy (non-hydrogen) atoms. The van der Waals surface area contributed by atoms with Crippen molar-refractivity contribution in [1.82, 2.24) is 9.62 Å². The quantitative estimate of drug-likeness (QED) is 0.718. The number of methoxy groups -OCH3 is 2. The van der Waals surface area contributed by atoms with Crippen LogP contribution in [0.15, 0.2) is 47.4 Å². The van der Waals surface area contributed by atoms with E-state index in [-0.39, 0.29) is 29.6 Å². The van der Waals surface area contributed by atoms with E-state index < -0.39 is 15.9 Å². The summed E-state index contributed by atoms with van der Waals surface area (Å²) in [5, 5.41) is 2.89. The van der Waals surface area contributed by atoms with Crippen LogP contribution in [0.25, 0.3) is 0 Å². The van der Waals surface area contributed by atoms with Gasteiger partial charge in [-0.3, -0.25) is 4.79 Å². The van der Waals surface area contributed by atoms with Gasteiger partial charge in [-0.15, -0.1) is 0 Å². The summed E-state index contributed by atoms with van der Waals surface area (Å²) in [4.78, 5) is 13.0. The summed E-state index contributed by atoms with van der Waals surface area (Å²) >= 11 is 0. The Morgan fingerprint density at radius 2 is 1.73 bits per heavy atom. The van der Waals surface area contributed by atoms with Gasteiger partial charge < -0.3 is 19.5 Å². The monoisotopic (exact) mass is 434 g/mol. The number of hydrogen-bond acceptors (Lipinski definition) is 6. The third-order valence-electron chi connectivity index (χ3n) is 4.99. The van der Waals surface area contributed by atoms with Crippen LogP contribution in [0.2, 0.25) is 0 Å². The van der Waals surface area contributed by atoms with Gasteiger partial charge in [0, 0.05) is 13.1 Å². The van der Waals surface area contributed by atoms with E-state index in [0.29, 0.717) is 19.0 Å². The summed E-state index contributed by atoms with van der Waals surface area (Å²) in [6.45, 7) is 3.11. The molecule has 1 amide bonds. The molecule has 1 aliphatic heterocycles. The second kappa shape index (κ2) is 9.46. The van der Waals surface area contributed by atoms with Gasteiger partial charge in [0.1, 0.15) is 11.5 Å². The summed E-state index contributed by atoms with van der Waals surface area (Å²) in [7, 11) is -0.700. The minimum atomic E-state index is -3.73. The second-order valence-corrected chi connectivity index (χ2v) is 8.78. The van der Waals surface area contributed by atoms with E-state index in [4.69, 9.17) is 14.2 Å². The van der Waals surface area contributed by atoms with E-state index in [1.165, 1.54) is 29.6 Å². The fraction of sp³-hybridized carbons (Fsp3) is 0.381. The van der Waals surface area contributed by atoms with Crippen molar-refractivity contribution >= 4 is 15.9 Å². The molecule has 0 aromatic heterocycles. The Morgan fingerprint density at radius 1 is 1.07 bits per heavy atom. The van der Waals surface area contributed by atoms with Crippen LogP contribution in [0.3, 0.4) is 0 Å². The third kappa shape index (κ3) is 4.75. The Balaban J connectivity index is 1.84. The average Bonchev–Trinajstić information content (AvgIpc) is 2.79. The van der Waals surface area contributed by atoms with Crippen molar-refractivity contribution in [2.45, 2.75) is 17.9 Å². The van der Waals surface area contributed by atoms with Crippen LogP contribution in [0.5, 0.6) is 11.5 Å². The maximum Gasteiger partial charge on any atom is 0.255 e. The van der Waals surface area contributed by atoms with Crippen molar-refractivity contribution in [2.75, 3.05) is 40.5 Å². The number of nitrogens with zero attached hydrogens (tertiary/aromatic N) is 1. The molecule has 1 fully saturated rings. The number of carbonyl (C=O) groups excluding carboxylic acids is 1. The van der Waals surface area contributed by atoms with Gasteiger partial charge in [-0.1, -0.05) is 12.1 Å². The van der Waals surface area contributed by atoms with Crippen molar-refractivity contribution in [2.24, 2.45) is 0 Å². The average molecular weight is 435 g/mol. The number of morpholine rings is 1. The zero-order valence-electron chi connectivity index (χ0n) is 17.3. The van der Waals surface area contributed by atoms with Gasteiger partial charge in [0.15, 0.2) is 0 Å². The number of benzene rings is 2. The molecule has 162 valence electrons. The Bertz CT molecular complexity index is 985. The fourth-order valence-electron chi connectivity index (χ4n) is 3.21. The first-order valence-corrected chi connectivity index (χ1v) is 11.0. The van der Waals surface area contributed by atoms with E-state index in [0.717, 1.165) is 11.3 Å². The fourth-order valence-corrected chi connectivity index (χ4v) is 4.65. The third-order valence-corrected chi connectivity index (χ3v) is 6.88. The largest absolute Gasteiger partial charge is 0.497 e. The van der Waals surface area contributed by atoms with E-state index >= 15 is 0 Å². The first kappa shape index (κ1) is 22.1. The number of hydrogen-bond donors (Lipinski definition) is 1. The number of sulfonamides is 1. The maximum atomic E-state index is 13.0. The highest BCUT2D eigenvalue weighted by Crippen LogP contribution is 2.26. The van der Waals surface area contributed by atoms with Gasteiger partial charge in [0.2, 0.25) is 10.0 Å². The Labute approximate surface area is 176 Å². The second-order valence-electron chi connectivity index (χ2n) is 6.85. The summed E-state index contributed by atoms with van der Waals surface area (Å²) in [6, 6.07) is 11.4. The first-order chi connectivity index (χ1) is 14.4. The van der Waals surface area contributed by atoms with Crippen LogP contribution in [-0.4, -0.2) is 59.2 Å².